The van der Waals surface area contributed by atoms with E-state index in [1.807, 2.05) is 25.1 Å². The molecule has 0 saturated heterocycles. The van der Waals surface area contributed by atoms with Crippen LogP contribution in [0, 0.1) is 13.8 Å². The Morgan fingerprint density at radius 1 is 1.32 bits per heavy atom. The summed E-state index contributed by atoms with van der Waals surface area (Å²) in [4.78, 5) is 16.9. The molecule has 0 bridgehead atoms. The molecule has 0 radical (unpaired) electrons. The molecule has 1 aromatic heterocycles. The minimum absolute atomic E-state index is 0.173. The average Bonchev–Trinajstić information content (AvgIpc) is 3.23. The van der Waals surface area contributed by atoms with Crippen molar-refractivity contribution in [2.45, 2.75) is 45.1 Å². The molecule has 25 heavy (non-hydrogen) atoms. The highest BCUT2D eigenvalue weighted by atomic mass is 16.5. The largest absolute Gasteiger partial charge is 0.496 e. The van der Waals surface area contributed by atoms with E-state index in [0.29, 0.717) is 11.7 Å². The van der Waals surface area contributed by atoms with Gasteiger partial charge in [0.1, 0.15) is 11.3 Å². The summed E-state index contributed by atoms with van der Waals surface area (Å²) in [5.74, 6) is 1.64. The topological polar surface area (TPSA) is 77.2 Å². The Hall–Kier alpha value is -2.63. The first-order valence-electron chi connectivity index (χ1n) is 8.48. The van der Waals surface area contributed by atoms with Crippen LogP contribution in [0.3, 0.4) is 0 Å². The molecule has 1 aromatic carbocycles. The van der Waals surface area contributed by atoms with Gasteiger partial charge in [-0.3, -0.25) is 4.79 Å². The van der Waals surface area contributed by atoms with Crippen LogP contribution < -0.4 is 10.1 Å². The van der Waals surface area contributed by atoms with Crippen LogP contribution in [0.1, 0.15) is 48.5 Å². The van der Waals surface area contributed by atoms with Crippen LogP contribution >= 0.6 is 0 Å². The first-order chi connectivity index (χ1) is 12.0. The monoisotopic (exact) mass is 341 g/mol. The number of benzene rings is 1. The maximum atomic E-state index is 12.5. The summed E-state index contributed by atoms with van der Waals surface area (Å²) in [6.45, 7) is 3.76. The number of nitrogens with one attached hydrogen (secondary N) is 1. The molecule has 1 N–H and O–H groups in total. The lowest BCUT2D eigenvalue weighted by molar-refractivity contribution is -0.118. The smallest absolute Gasteiger partial charge is 0.244 e. The number of hydrogen-bond acceptors (Lipinski definition) is 5. The maximum Gasteiger partial charge on any atom is 0.244 e. The van der Waals surface area contributed by atoms with E-state index in [1.54, 1.807) is 20.1 Å². The van der Waals surface area contributed by atoms with Crippen LogP contribution in [0.4, 0.5) is 0 Å². The molecule has 2 aromatic rings. The van der Waals surface area contributed by atoms with E-state index in [9.17, 15) is 4.79 Å². The molecule has 132 valence electrons. The highest BCUT2D eigenvalue weighted by Crippen LogP contribution is 2.37. The summed E-state index contributed by atoms with van der Waals surface area (Å²) in [5, 5.41) is 7.13. The normalized spacial score (nSPS) is 16.3. The molecule has 0 spiro atoms. The zero-order chi connectivity index (χ0) is 17.9. The van der Waals surface area contributed by atoms with Gasteiger partial charge in [-0.1, -0.05) is 29.6 Å². The summed E-state index contributed by atoms with van der Waals surface area (Å²) in [7, 11) is 1.62. The predicted molar refractivity (Wildman–Crippen MR) is 94.1 cm³/mol. The highest BCUT2D eigenvalue weighted by Gasteiger charge is 2.40. The fourth-order valence-electron chi connectivity index (χ4n) is 3.30. The molecule has 1 aliphatic rings. The van der Waals surface area contributed by atoms with E-state index < -0.39 is 5.54 Å². The number of nitrogens with zero attached hydrogens (tertiary/aromatic N) is 2. The summed E-state index contributed by atoms with van der Waals surface area (Å²) >= 11 is 0. The molecule has 1 amide bonds. The van der Waals surface area contributed by atoms with Gasteiger partial charge in [0.2, 0.25) is 11.8 Å². The van der Waals surface area contributed by atoms with E-state index in [0.717, 1.165) is 42.6 Å². The fraction of sp³-hybridized carbons (Fsp3) is 0.421. The van der Waals surface area contributed by atoms with Crippen molar-refractivity contribution < 1.29 is 14.1 Å². The lowest BCUT2D eigenvalue weighted by Crippen LogP contribution is -2.44. The second kappa shape index (κ2) is 7.09. The van der Waals surface area contributed by atoms with Gasteiger partial charge in [0.25, 0.3) is 0 Å². The van der Waals surface area contributed by atoms with Crippen molar-refractivity contribution in [3.63, 3.8) is 0 Å². The highest BCUT2D eigenvalue weighted by molar-refractivity contribution is 5.92. The molecule has 1 aliphatic carbocycles. The lowest BCUT2D eigenvalue weighted by Gasteiger charge is -2.26. The Morgan fingerprint density at radius 2 is 2.08 bits per heavy atom. The van der Waals surface area contributed by atoms with Crippen molar-refractivity contribution in [3.8, 4) is 5.75 Å². The van der Waals surface area contributed by atoms with Gasteiger partial charge in [0.15, 0.2) is 5.82 Å². The fourth-order valence-corrected chi connectivity index (χ4v) is 3.30. The van der Waals surface area contributed by atoms with Crippen LogP contribution in [-0.4, -0.2) is 23.2 Å². The standard InChI is InChI=1S/C19H23N3O3/c1-13-6-8-16(24-3)15(12-13)7-9-17(23)21-19(10-4-5-11-19)18-20-14(2)25-22-18/h6-9,12H,4-5,10-11H2,1-3H3,(H,21,23)/b9-7+. The number of aromatic nitrogens is 2. The van der Waals surface area contributed by atoms with Crippen molar-refractivity contribution in [2.75, 3.05) is 7.11 Å². The van der Waals surface area contributed by atoms with E-state index in [1.165, 1.54) is 6.08 Å². The summed E-state index contributed by atoms with van der Waals surface area (Å²) in [5.41, 5.74) is 1.44. The Kier molecular flexibility index (Phi) is 4.88. The van der Waals surface area contributed by atoms with Gasteiger partial charge in [-0.25, -0.2) is 0 Å². The third-order valence-electron chi connectivity index (χ3n) is 4.57. The average molecular weight is 341 g/mol. The molecule has 3 rings (SSSR count). The SMILES string of the molecule is COc1ccc(C)cc1/C=C/C(=O)NC1(c2noc(C)n2)CCCC1. The Morgan fingerprint density at radius 3 is 2.72 bits per heavy atom. The zero-order valence-electron chi connectivity index (χ0n) is 14.8. The number of carbonyl (C=O) groups excluding carboxylic acids is 1. The number of hydrogen-bond donors (Lipinski definition) is 1. The lowest BCUT2D eigenvalue weighted by atomic mass is 9.96. The van der Waals surface area contributed by atoms with Gasteiger partial charge < -0.3 is 14.6 Å². The van der Waals surface area contributed by atoms with E-state index in [-0.39, 0.29) is 5.91 Å². The molecule has 0 aliphatic heterocycles. The molecule has 6 nitrogen and oxygen atoms in total. The first kappa shape index (κ1) is 17.2. The third-order valence-corrected chi connectivity index (χ3v) is 4.57. The molecule has 1 fully saturated rings. The number of aryl methyl sites for hydroxylation is 2. The van der Waals surface area contributed by atoms with Gasteiger partial charge in [-0.2, -0.15) is 4.98 Å². The van der Waals surface area contributed by atoms with Crippen molar-refractivity contribution in [2.24, 2.45) is 0 Å². The minimum atomic E-state index is -0.532. The van der Waals surface area contributed by atoms with Crippen LogP contribution in [0.15, 0.2) is 28.8 Å². The van der Waals surface area contributed by atoms with E-state index >= 15 is 0 Å². The first-order valence-corrected chi connectivity index (χ1v) is 8.48. The van der Waals surface area contributed by atoms with Crippen LogP contribution in [0.5, 0.6) is 5.75 Å². The van der Waals surface area contributed by atoms with Gasteiger partial charge >= 0.3 is 0 Å². The summed E-state index contributed by atoms with van der Waals surface area (Å²) in [6, 6.07) is 5.85. The Balaban J connectivity index is 1.78. The summed E-state index contributed by atoms with van der Waals surface area (Å²) < 4.78 is 10.5. The number of methoxy groups -OCH3 is 1. The van der Waals surface area contributed by atoms with Gasteiger partial charge in [-0.15, -0.1) is 0 Å². The van der Waals surface area contributed by atoms with Crippen LogP contribution in [-0.2, 0) is 10.3 Å². The number of amides is 1. The maximum absolute atomic E-state index is 12.5. The molecule has 1 saturated carbocycles. The molecular weight excluding hydrogens is 318 g/mol. The molecular formula is C19H23N3O3. The van der Waals surface area contributed by atoms with Crippen molar-refractivity contribution in [1.82, 2.24) is 15.5 Å². The molecule has 6 heteroatoms. The minimum Gasteiger partial charge on any atom is -0.496 e. The number of carbonyl (C=O) groups is 1. The van der Waals surface area contributed by atoms with Crippen molar-refractivity contribution >= 4 is 12.0 Å². The van der Waals surface area contributed by atoms with Crippen LogP contribution in [0.2, 0.25) is 0 Å². The van der Waals surface area contributed by atoms with Gasteiger partial charge in [0.05, 0.1) is 7.11 Å². The Labute approximate surface area is 147 Å². The summed E-state index contributed by atoms with van der Waals surface area (Å²) in [6.07, 6.45) is 7.00. The number of rotatable bonds is 5. The quantitative estimate of drug-likeness (QED) is 0.844. The van der Waals surface area contributed by atoms with Gasteiger partial charge in [-0.05, 0) is 38.0 Å². The predicted octanol–water partition coefficient (Wildman–Crippen LogP) is 3.29. The second-order valence-corrected chi connectivity index (χ2v) is 6.49. The number of ether oxygens (including phenoxy) is 1. The van der Waals surface area contributed by atoms with Crippen molar-refractivity contribution in [3.05, 3.63) is 47.1 Å². The van der Waals surface area contributed by atoms with Crippen molar-refractivity contribution in [1.29, 1.82) is 0 Å². The molecule has 0 atom stereocenters. The van der Waals surface area contributed by atoms with Gasteiger partial charge in [0, 0.05) is 18.6 Å². The van der Waals surface area contributed by atoms with E-state index in [4.69, 9.17) is 9.26 Å². The van der Waals surface area contributed by atoms with E-state index in [2.05, 4.69) is 15.5 Å². The third kappa shape index (κ3) is 3.73. The molecule has 0 unspecified atom stereocenters. The Bertz CT molecular complexity index is 789. The molecule has 1 heterocycles. The second-order valence-electron chi connectivity index (χ2n) is 6.49. The van der Waals surface area contributed by atoms with Crippen LogP contribution in [0.25, 0.3) is 6.08 Å². The zero-order valence-corrected chi connectivity index (χ0v) is 14.8.